The van der Waals surface area contributed by atoms with Crippen LogP contribution >= 0.6 is 0 Å². The third-order valence-electron chi connectivity index (χ3n) is 2.66. The van der Waals surface area contributed by atoms with Crippen LogP contribution in [0.25, 0.3) is 0 Å². The molecule has 0 amide bonds. The summed E-state index contributed by atoms with van der Waals surface area (Å²) >= 11 is 0. The van der Waals surface area contributed by atoms with Gasteiger partial charge >= 0.3 is 5.97 Å². The third kappa shape index (κ3) is 4.47. The molecule has 0 radical (unpaired) electrons. The fourth-order valence-electron chi connectivity index (χ4n) is 1.63. The van der Waals surface area contributed by atoms with Crippen molar-refractivity contribution in [3.63, 3.8) is 0 Å². The Kier molecular flexibility index (Phi) is 8.15. The molecule has 5 nitrogen and oxygen atoms in total. The molecule has 0 aliphatic carbocycles. The number of hydrogen-bond donors (Lipinski definition) is 3. The minimum atomic E-state index is -1.01. The van der Waals surface area contributed by atoms with Gasteiger partial charge in [0.1, 0.15) is 0 Å². The number of carbonyl (C=O) groups is 1. The highest BCUT2D eigenvalue weighted by Crippen LogP contribution is 2.30. The number of hydrogen-bond acceptors (Lipinski definition) is 5. The lowest BCUT2D eigenvalue weighted by Crippen LogP contribution is -2.37. The van der Waals surface area contributed by atoms with E-state index in [0.29, 0.717) is 19.3 Å². The van der Waals surface area contributed by atoms with Crippen LogP contribution in [0.15, 0.2) is 0 Å². The molecule has 0 spiro atoms. The second-order valence-electron chi connectivity index (χ2n) is 3.81. The molecule has 0 aliphatic rings. The van der Waals surface area contributed by atoms with E-state index in [9.17, 15) is 9.90 Å². The van der Waals surface area contributed by atoms with Crippen molar-refractivity contribution in [2.45, 2.75) is 32.6 Å². The maximum atomic E-state index is 11.7. The van der Waals surface area contributed by atoms with Crippen molar-refractivity contribution >= 4 is 5.97 Å². The van der Waals surface area contributed by atoms with Gasteiger partial charge in [0.15, 0.2) is 0 Å². The van der Waals surface area contributed by atoms with Crippen LogP contribution in [0.4, 0.5) is 0 Å². The number of ether oxygens (including phenoxy) is 1. The first kappa shape index (κ1) is 15.3. The first-order valence-corrected chi connectivity index (χ1v) is 5.66. The van der Waals surface area contributed by atoms with Crippen molar-refractivity contribution in [3.8, 4) is 0 Å². The van der Waals surface area contributed by atoms with E-state index < -0.39 is 11.4 Å². The van der Waals surface area contributed by atoms with Gasteiger partial charge in [0, 0.05) is 13.2 Å². The molecule has 16 heavy (non-hydrogen) atoms. The quantitative estimate of drug-likeness (QED) is 0.388. The van der Waals surface area contributed by atoms with Gasteiger partial charge in [-0.3, -0.25) is 4.79 Å². The average Bonchev–Trinajstić information content (AvgIpc) is 2.28. The van der Waals surface area contributed by atoms with E-state index in [1.807, 2.05) is 0 Å². The van der Waals surface area contributed by atoms with Crippen LogP contribution in [0.2, 0.25) is 0 Å². The predicted molar refractivity (Wildman–Crippen MR) is 58.8 cm³/mol. The lowest BCUT2D eigenvalue weighted by Gasteiger charge is -2.28. The summed E-state index contributed by atoms with van der Waals surface area (Å²) in [5.74, 6) is -0.468. The average molecular weight is 234 g/mol. The highest BCUT2D eigenvalue weighted by Gasteiger charge is 2.38. The zero-order chi connectivity index (χ0) is 12.4. The molecule has 0 saturated carbocycles. The molecule has 0 rings (SSSR count). The van der Waals surface area contributed by atoms with E-state index in [2.05, 4.69) is 0 Å². The number of unbranched alkanes of at least 4 members (excludes halogenated alkanes) is 1. The van der Waals surface area contributed by atoms with Gasteiger partial charge in [0.25, 0.3) is 0 Å². The number of carbonyl (C=O) groups excluding carboxylic acids is 1. The molecule has 0 aliphatic heterocycles. The zero-order valence-corrected chi connectivity index (χ0v) is 9.81. The minimum Gasteiger partial charge on any atom is -0.465 e. The maximum Gasteiger partial charge on any atom is 0.314 e. The Balaban J connectivity index is 4.49. The van der Waals surface area contributed by atoms with Crippen LogP contribution in [-0.4, -0.2) is 47.7 Å². The van der Waals surface area contributed by atoms with Gasteiger partial charge in [0.2, 0.25) is 0 Å². The SMILES string of the molecule is CCOC(=O)C(CO)(CCO)CCCCO. The molecule has 0 aromatic heterocycles. The summed E-state index contributed by atoms with van der Waals surface area (Å²) in [6.07, 6.45) is 1.81. The molecule has 0 heterocycles. The van der Waals surface area contributed by atoms with Crippen LogP contribution in [0, 0.1) is 5.41 Å². The monoisotopic (exact) mass is 234 g/mol. The van der Waals surface area contributed by atoms with Crippen LogP contribution in [-0.2, 0) is 9.53 Å². The maximum absolute atomic E-state index is 11.7. The Morgan fingerprint density at radius 1 is 1.12 bits per heavy atom. The molecule has 96 valence electrons. The van der Waals surface area contributed by atoms with Gasteiger partial charge in [-0.1, -0.05) is 0 Å². The Bertz CT molecular complexity index is 195. The predicted octanol–water partition coefficient (Wildman–Crippen LogP) is 0.0732. The van der Waals surface area contributed by atoms with Gasteiger partial charge in [-0.2, -0.15) is 0 Å². The number of esters is 1. The van der Waals surface area contributed by atoms with E-state index >= 15 is 0 Å². The minimum absolute atomic E-state index is 0.0590. The van der Waals surface area contributed by atoms with E-state index in [4.69, 9.17) is 14.9 Å². The smallest absolute Gasteiger partial charge is 0.314 e. The molecule has 1 unspecified atom stereocenters. The standard InChI is InChI=1S/C11H22O5/c1-2-16-10(15)11(9-14,6-8-13)5-3-4-7-12/h12-14H,2-9H2,1H3. The molecule has 0 aromatic carbocycles. The Labute approximate surface area is 96.0 Å². The van der Waals surface area contributed by atoms with E-state index in [0.717, 1.165) is 0 Å². The summed E-state index contributed by atoms with van der Waals surface area (Å²) < 4.78 is 4.91. The first-order valence-electron chi connectivity index (χ1n) is 5.66. The van der Waals surface area contributed by atoms with E-state index in [-0.39, 0.29) is 32.8 Å². The van der Waals surface area contributed by atoms with Crippen molar-refractivity contribution in [3.05, 3.63) is 0 Å². The lowest BCUT2D eigenvalue weighted by atomic mass is 9.80. The summed E-state index contributed by atoms with van der Waals surface area (Å²) in [4.78, 5) is 11.7. The Hall–Kier alpha value is -0.650. The van der Waals surface area contributed by atoms with Gasteiger partial charge in [-0.05, 0) is 32.6 Å². The summed E-state index contributed by atoms with van der Waals surface area (Å²) in [6, 6.07) is 0. The number of aliphatic hydroxyl groups excluding tert-OH is 3. The summed E-state index contributed by atoms with van der Waals surface area (Å²) in [7, 11) is 0. The topological polar surface area (TPSA) is 87.0 Å². The molecule has 0 aromatic rings. The van der Waals surface area contributed by atoms with E-state index in [1.54, 1.807) is 6.92 Å². The molecular formula is C11H22O5. The van der Waals surface area contributed by atoms with Crippen LogP contribution in [0.3, 0.4) is 0 Å². The highest BCUT2D eigenvalue weighted by molar-refractivity contribution is 5.77. The first-order chi connectivity index (χ1) is 7.66. The number of rotatable bonds is 9. The molecule has 0 bridgehead atoms. The fraction of sp³-hybridized carbons (Fsp3) is 0.909. The Morgan fingerprint density at radius 3 is 2.25 bits per heavy atom. The van der Waals surface area contributed by atoms with Gasteiger partial charge in [-0.25, -0.2) is 0 Å². The summed E-state index contributed by atoms with van der Waals surface area (Å²) in [5.41, 5.74) is -1.01. The zero-order valence-electron chi connectivity index (χ0n) is 9.81. The molecule has 1 atom stereocenters. The van der Waals surface area contributed by atoms with Gasteiger partial charge in [-0.15, -0.1) is 0 Å². The van der Waals surface area contributed by atoms with Crippen LogP contribution < -0.4 is 0 Å². The van der Waals surface area contributed by atoms with Gasteiger partial charge in [0.05, 0.1) is 18.6 Å². The third-order valence-corrected chi connectivity index (χ3v) is 2.66. The van der Waals surface area contributed by atoms with Crippen LogP contribution in [0.1, 0.15) is 32.6 Å². The fourth-order valence-corrected chi connectivity index (χ4v) is 1.63. The normalized spacial score (nSPS) is 14.5. The van der Waals surface area contributed by atoms with Crippen molar-refractivity contribution in [1.82, 2.24) is 0 Å². The van der Waals surface area contributed by atoms with E-state index in [1.165, 1.54) is 0 Å². The molecular weight excluding hydrogens is 212 g/mol. The van der Waals surface area contributed by atoms with Crippen molar-refractivity contribution in [2.24, 2.45) is 5.41 Å². The summed E-state index contributed by atoms with van der Waals surface area (Å²) in [5, 5.41) is 26.9. The second kappa shape index (κ2) is 8.50. The molecule has 0 saturated heterocycles. The van der Waals surface area contributed by atoms with Crippen molar-refractivity contribution < 1.29 is 24.9 Å². The second-order valence-corrected chi connectivity index (χ2v) is 3.81. The number of aliphatic hydroxyl groups is 3. The van der Waals surface area contributed by atoms with Crippen LogP contribution in [0.5, 0.6) is 0 Å². The molecule has 0 fully saturated rings. The van der Waals surface area contributed by atoms with Crippen molar-refractivity contribution in [2.75, 3.05) is 26.4 Å². The highest BCUT2D eigenvalue weighted by atomic mass is 16.5. The summed E-state index contributed by atoms with van der Waals surface area (Å²) in [6.45, 7) is 1.51. The largest absolute Gasteiger partial charge is 0.465 e. The lowest BCUT2D eigenvalue weighted by molar-refractivity contribution is -0.160. The van der Waals surface area contributed by atoms with Gasteiger partial charge < -0.3 is 20.1 Å². The molecule has 5 heteroatoms. The molecule has 3 N–H and O–H groups in total. The van der Waals surface area contributed by atoms with Crippen molar-refractivity contribution in [1.29, 1.82) is 0 Å². The Morgan fingerprint density at radius 2 is 1.81 bits per heavy atom.